The van der Waals surface area contributed by atoms with Crippen molar-refractivity contribution < 1.29 is 13.2 Å². The molecule has 14 heavy (non-hydrogen) atoms. The second-order valence-corrected chi connectivity index (χ2v) is 3.90. The Morgan fingerprint density at radius 1 is 1.14 bits per heavy atom. The Labute approximate surface area is 82.0 Å². The molecule has 1 rings (SSSR count). The van der Waals surface area contributed by atoms with Crippen LogP contribution in [0.5, 0.6) is 0 Å². The summed E-state index contributed by atoms with van der Waals surface area (Å²) in [5.41, 5.74) is 5.49. The lowest BCUT2D eigenvalue weighted by molar-refractivity contribution is -0.148. The van der Waals surface area contributed by atoms with Crippen molar-refractivity contribution in [1.29, 1.82) is 0 Å². The van der Waals surface area contributed by atoms with Crippen LogP contribution in [0.1, 0.15) is 19.3 Å². The van der Waals surface area contributed by atoms with Crippen LogP contribution in [0.3, 0.4) is 0 Å². The predicted molar refractivity (Wildman–Crippen MR) is 48.8 cm³/mol. The minimum absolute atomic E-state index is 0.0200. The molecule has 5 heteroatoms. The first-order chi connectivity index (χ1) is 6.53. The molecule has 0 aromatic carbocycles. The van der Waals surface area contributed by atoms with Gasteiger partial charge in [-0.3, -0.25) is 0 Å². The number of halogens is 3. The maximum atomic E-state index is 12.2. The van der Waals surface area contributed by atoms with Crippen LogP contribution in [0.2, 0.25) is 0 Å². The van der Waals surface area contributed by atoms with Crippen molar-refractivity contribution >= 4 is 0 Å². The molecule has 0 bridgehead atoms. The zero-order chi connectivity index (χ0) is 10.6. The molecule has 84 valence electrons. The molecule has 3 N–H and O–H groups in total. The molecule has 1 heterocycles. The summed E-state index contributed by atoms with van der Waals surface area (Å²) in [5, 5.41) is 3.10. The third-order valence-electron chi connectivity index (χ3n) is 2.85. The summed E-state index contributed by atoms with van der Waals surface area (Å²) in [6.07, 6.45) is -3.39. The van der Waals surface area contributed by atoms with E-state index >= 15 is 0 Å². The lowest BCUT2D eigenvalue weighted by atomic mass is 9.85. The van der Waals surface area contributed by atoms with Gasteiger partial charge in [-0.1, -0.05) is 0 Å². The van der Waals surface area contributed by atoms with Crippen molar-refractivity contribution in [3.05, 3.63) is 0 Å². The monoisotopic (exact) mass is 210 g/mol. The van der Waals surface area contributed by atoms with Crippen LogP contribution in [0, 0.1) is 11.8 Å². The highest BCUT2D eigenvalue weighted by Crippen LogP contribution is 2.32. The quantitative estimate of drug-likeness (QED) is 0.725. The van der Waals surface area contributed by atoms with Gasteiger partial charge in [0.05, 0.1) is 0 Å². The van der Waals surface area contributed by atoms with E-state index in [1.54, 1.807) is 0 Å². The van der Waals surface area contributed by atoms with Gasteiger partial charge in [0.1, 0.15) is 0 Å². The second-order valence-electron chi connectivity index (χ2n) is 3.90. The Kier molecular flexibility index (Phi) is 4.19. The van der Waals surface area contributed by atoms with Gasteiger partial charge in [0, 0.05) is 6.42 Å². The Hall–Kier alpha value is -0.290. The highest BCUT2D eigenvalue weighted by atomic mass is 19.4. The van der Waals surface area contributed by atoms with Crippen LogP contribution in [0.15, 0.2) is 0 Å². The maximum absolute atomic E-state index is 12.2. The molecule has 1 saturated heterocycles. The van der Waals surface area contributed by atoms with Crippen molar-refractivity contribution in [2.45, 2.75) is 25.4 Å². The molecular weight excluding hydrogens is 193 g/mol. The predicted octanol–water partition coefficient (Wildman–Crippen LogP) is 1.51. The molecular formula is C9H17F3N2. The normalized spacial score (nSPS) is 30.0. The van der Waals surface area contributed by atoms with Gasteiger partial charge in [-0.2, -0.15) is 13.2 Å². The summed E-state index contributed by atoms with van der Waals surface area (Å²) in [5.74, 6) is -0.276. The van der Waals surface area contributed by atoms with Crippen molar-refractivity contribution in [2.75, 3.05) is 19.6 Å². The Bertz CT molecular complexity index is 170. The molecule has 1 aliphatic rings. The van der Waals surface area contributed by atoms with Gasteiger partial charge < -0.3 is 11.1 Å². The van der Waals surface area contributed by atoms with E-state index in [0.29, 0.717) is 19.5 Å². The Balaban J connectivity index is 2.52. The van der Waals surface area contributed by atoms with E-state index in [2.05, 4.69) is 5.32 Å². The van der Waals surface area contributed by atoms with Gasteiger partial charge in [-0.05, 0) is 44.3 Å². The van der Waals surface area contributed by atoms with Crippen molar-refractivity contribution in [1.82, 2.24) is 5.32 Å². The molecule has 1 aliphatic heterocycles. The summed E-state index contributed by atoms with van der Waals surface area (Å²) in [4.78, 5) is 0. The molecule has 0 aromatic heterocycles. The number of nitrogens with one attached hydrogen (secondary N) is 1. The van der Waals surface area contributed by atoms with Crippen LogP contribution in [0.25, 0.3) is 0 Å². The number of alkyl halides is 3. The topological polar surface area (TPSA) is 38.0 Å². The minimum atomic E-state index is -4.05. The van der Waals surface area contributed by atoms with Gasteiger partial charge >= 0.3 is 6.18 Å². The fourth-order valence-corrected chi connectivity index (χ4v) is 2.05. The number of nitrogens with two attached hydrogens (primary N) is 1. The molecule has 0 amide bonds. The number of hydrogen-bond acceptors (Lipinski definition) is 2. The lowest BCUT2D eigenvalue weighted by Gasteiger charge is -2.24. The van der Waals surface area contributed by atoms with Crippen LogP contribution in [-0.4, -0.2) is 25.8 Å². The average molecular weight is 210 g/mol. The number of hydrogen-bond donors (Lipinski definition) is 2. The van der Waals surface area contributed by atoms with E-state index < -0.39 is 12.6 Å². The molecule has 0 saturated carbocycles. The van der Waals surface area contributed by atoms with Gasteiger partial charge in [-0.15, -0.1) is 0 Å². The SMILES string of the molecule is NCC1CCNCCC1CC(F)(F)F. The average Bonchev–Trinajstić information content (AvgIpc) is 2.27. The summed E-state index contributed by atoms with van der Waals surface area (Å²) in [7, 11) is 0. The highest BCUT2D eigenvalue weighted by Gasteiger charge is 2.35. The fourth-order valence-electron chi connectivity index (χ4n) is 2.05. The molecule has 1 fully saturated rings. The molecule has 0 aromatic rings. The van der Waals surface area contributed by atoms with E-state index in [1.165, 1.54) is 0 Å². The summed E-state index contributed by atoms with van der Waals surface area (Å²) >= 11 is 0. The number of rotatable bonds is 2. The van der Waals surface area contributed by atoms with Gasteiger partial charge in [-0.25, -0.2) is 0 Å². The second kappa shape index (κ2) is 4.98. The molecule has 2 unspecified atom stereocenters. The van der Waals surface area contributed by atoms with Crippen LogP contribution in [-0.2, 0) is 0 Å². The summed E-state index contributed by atoms with van der Waals surface area (Å²) in [6, 6.07) is 0. The largest absolute Gasteiger partial charge is 0.389 e. The Morgan fingerprint density at radius 2 is 1.71 bits per heavy atom. The van der Waals surface area contributed by atoms with Gasteiger partial charge in [0.25, 0.3) is 0 Å². The van der Waals surface area contributed by atoms with Crippen molar-refractivity contribution in [3.8, 4) is 0 Å². The van der Waals surface area contributed by atoms with Crippen LogP contribution >= 0.6 is 0 Å². The van der Waals surface area contributed by atoms with Crippen molar-refractivity contribution in [3.63, 3.8) is 0 Å². The molecule has 0 spiro atoms. The standard InChI is InChI=1S/C9H17F3N2/c10-9(11,12)5-7-1-3-14-4-2-8(7)6-13/h7-8,14H,1-6,13H2. The fraction of sp³-hybridized carbons (Fsp3) is 1.00. The highest BCUT2D eigenvalue weighted by molar-refractivity contribution is 4.78. The first-order valence-electron chi connectivity index (χ1n) is 5.00. The smallest absolute Gasteiger partial charge is 0.330 e. The summed E-state index contributed by atoms with van der Waals surface area (Å²) < 4.78 is 36.7. The molecule has 0 aliphatic carbocycles. The zero-order valence-electron chi connectivity index (χ0n) is 8.11. The third kappa shape index (κ3) is 3.84. The van der Waals surface area contributed by atoms with Gasteiger partial charge in [0.15, 0.2) is 0 Å². The van der Waals surface area contributed by atoms with Crippen LogP contribution < -0.4 is 11.1 Å². The third-order valence-corrected chi connectivity index (χ3v) is 2.85. The minimum Gasteiger partial charge on any atom is -0.330 e. The molecule has 2 nitrogen and oxygen atoms in total. The van der Waals surface area contributed by atoms with Gasteiger partial charge in [0.2, 0.25) is 0 Å². The van der Waals surface area contributed by atoms with E-state index in [0.717, 1.165) is 13.0 Å². The molecule has 2 atom stereocenters. The Morgan fingerprint density at radius 3 is 2.21 bits per heavy atom. The first kappa shape index (κ1) is 11.8. The van der Waals surface area contributed by atoms with Crippen molar-refractivity contribution in [2.24, 2.45) is 17.6 Å². The van der Waals surface area contributed by atoms with E-state index in [-0.39, 0.29) is 11.8 Å². The maximum Gasteiger partial charge on any atom is 0.389 e. The lowest BCUT2D eigenvalue weighted by Crippen LogP contribution is -2.27. The molecule has 0 radical (unpaired) electrons. The zero-order valence-corrected chi connectivity index (χ0v) is 8.11. The van der Waals surface area contributed by atoms with E-state index in [4.69, 9.17) is 5.73 Å². The summed E-state index contributed by atoms with van der Waals surface area (Å²) in [6.45, 7) is 1.83. The first-order valence-corrected chi connectivity index (χ1v) is 5.00. The van der Waals surface area contributed by atoms with Crippen LogP contribution in [0.4, 0.5) is 13.2 Å². The van der Waals surface area contributed by atoms with E-state index in [9.17, 15) is 13.2 Å². The van der Waals surface area contributed by atoms with E-state index in [1.807, 2.05) is 0 Å².